The lowest BCUT2D eigenvalue weighted by atomic mass is 10.1. The van der Waals surface area contributed by atoms with Crippen molar-refractivity contribution in [1.29, 1.82) is 0 Å². The van der Waals surface area contributed by atoms with Crippen molar-refractivity contribution >= 4 is 5.69 Å². The van der Waals surface area contributed by atoms with Gasteiger partial charge in [0.15, 0.2) is 0 Å². The molecule has 0 aliphatic rings. The normalized spacial score (nSPS) is 10.5. The number of para-hydroxylation sites is 1. The lowest BCUT2D eigenvalue weighted by Crippen LogP contribution is -2.23. The maximum Gasteiger partial charge on any atom is 0.146 e. The quantitative estimate of drug-likeness (QED) is 0.885. The number of methoxy groups -OCH3 is 1. The summed E-state index contributed by atoms with van der Waals surface area (Å²) in [5.41, 5.74) is 2.31. The maximum atomic E-state index is 13.9. The molecule has 0 saturated heterocycles. The van der Waals surface area contributed by atoms with E-state index in [4.69, 9.17) is 4.74 Å². The second-order valence-corrected chi connectivity index (χ2v) is 4.77. The Kier molecular flexibility index (Phi) is 5.17. The molecule has 0 aliphatic carbocycles. The first-order valence-corrected chi connectivity index (χ1v) is 6.95. The van der Waals surface area contributed by atoms with E-state index in [0.29, 0.717) is 18.8 Å². The Balaban J connectivity index is 2.32. The third-order valence-electron chi connectivity index (χ3n) is 3.46. The van der Waals surface area contributed by atoms with Crippen LogP contribution in [0.5, 0.6) is 5.75 Å². The molecule has 0 bridgehead atoms. The summed E-state index contributed by atoms with van der Waals surface area (Å²) in [4.78, 5) is 1.94. The van der Waals surface area contributed by atoms with Gasteiger partial charge in [-0.15, -0.1) is 0 Å². The summed E-state index contributed by atoms with van der Waals surface area (Å²) in [6.45, 7) is 3.15. The van der Waals surface area contributed by atoms with Crippen LogP contribution in [-0.2, 0) is 13.2 Å². The summed E-state index contributed by atoms with van der Waals surface area (Å²) < 4.78 is 19.3. The van der Waals surface area contributed by atoms with Crippen LogP contribution in [0.1, 0.15) is 18.1 Å². The highest BCUT2D eigenvalue weighted by Gasteiger charge is 2.13. The van der Waals surface area contributed by atoms with Crippen molar-refractivity contribution in [3.05, 3.63) is 59.4 Å². The molecule has 2 aromatic carbocycles. The van der Waals surface area contributed by atoms with Gasteiger partial charge in [0.2, 0.25) is 0 Å². The van der Waals surface area contributed by atoms with E-state index < -0.39 is 0 Å². The first-order chi connectivity index (χ1) is 10.2. The van der Waals surface area contributed by atoms with Crippen molar-refractivity contribution in [2.24, 2.45) is 0 Å². The molecule has 21 heavy (non-hydrogen) atoms. The fraction of sp³-hybridized carbons (Fsp3) is 0.294. The van der Waals surface area contributed by atoms with Gasteiger partial charge in [-0.2, -0.15) is 0 Å². The number of nitrogens with zero attached hydrogens (tertiary/aromatic N) is 1. The average Bonchev–Trinajstić information content (AvgIpc) is 2.53. The monoisotopic (exact) mass is 289 g/mol. The van der Waals surface area contributed by atoms with Gasteiger partial charge in [0, 0.05) is 18.7 Å². The van der Waals surface area contributed by atoms with Crippen LogP contribution < -0.4 is 9.64 Å². The standard InChI is InChI=1S/C17H20FNO2/c1-3-19(16-7-5-4-6-15(16)18)11-14-10-13(12-20)8-9-17(14)21-2/h4-10,20H,3,11-12H2,1-2H3. The van der Waals surface area contributed by atoms with Crippen LogP contribution in [0.2, 0.25) is 0 Å². The number of benzene rings is 2. The number of hydrogen-bond donors (Lipinski definition) is 1. The van der Waals surface area contributed by atoms with Gasteiger partial charge in [-0.05, 0) is 36.8 Å². The SMILES string of the molecule is CCN(Cc1cc(CO)ccc1OC)c1ccccc1F. The van der Waals surface area contributed by atoms with Crippen LogP contribution in [0, 0.1) is 5.82 Å². The largest absolute Gasteiger partial charge is 0.496 e. The highest BCUT2D eigenvalue weighted by atomic mass is 19.1. The van der Waals surface area contributed by atoms with Gasteiger partial charge in [0.25, 0.3) is 0 Å². The molecule has 4 heteroatoms. The van der Waals surface area contributed by atoms with Crippen molar-refractivity contribution in [2.75, 3.05) is 18.6 Å². The first-order valence-electron chi connectivity index (χ1n) is 6.95. The summed E-state index contributed by atoms with van der Waals surface area (Å²) in [5, 5.41) is 9.26. The van der Waals surface area contributed by atoms with Gasteiger partial charge in [-0.25, -0.2) is 4.39 Å². The highest BCUT2D eigenvalue weighted by molar-refractivity contribution is 5.49. The van der Waals surface area contributed by atoms with Crippen LogP contribution in [0.3, 0.4) is 0 Å². The van der Waals surface area contributed by atoms with Crippen molar-refractivity contribution in [3.63, 3.8) is 0 Å². The minimum Gasteiger partial charge on any atom is -0.496 e. The fourth-order valence-electron chi connectivity index (χ4n) is 2.33. The number of aliphatic hydroxyl groups is 1. The molecule has 0 heterocycles. The molecule has 0 radical (unpaired) electrons. The number of ether oxygens (including phenoxy) is 1. The summed E-state index contributed by atoms with van der Waals surface area (Å²) in [5.74, 6) is 0.499. The van der Waals surface area contributed by atoms with Crippen LogP contribution in [0.25, 0.3) is 0 Å². The number of hydrogen-bond acceptors (Lipinski definition) is 3. The summed E-state index contributed by atoms with van der Waals surface area (Å²) in [6, 6.07) is 12.3. The van der Waals surface area contributed by atoms with Gasteiger partial charge >= 0.3 is 0 Å². The second kappa shape index (κ2) is 7.09. The first kappa shape index (κ1) is 15.3. The Hall–Kier alpha value is -2.07. The number of halogens is 1. The zero-order valence-corrected chi connectivity index (χ0v) is 12.3. The van der Waals surface area contributed by atoms with Crippen LogP contribution >= 0.6 is 0 Å². The second-order valence-electron chi connectivity index (χ2n) is 4.77. The van der Waals surface area contributed by atoms with Crippen LogP contribution in [0.15, 0.2) is 42.5 Å². The molecule has 0 atom stereocenters. The fourth-order valence-corrected chi connectivity index (χ4v) is 2.33. The van der Waals surface area contributed by atoms with E-state index in [2.05, 4.69) is 0 Å². The lowest BCUT2D eigenvalue weighted by Gasteiger charge is -2.25. The molecule has 2 aromatic rings. The molecule has 0 spiro atoms. The van der Waals surface area contributed by atoms with Crippen molar-refractivity contribution in [3.8, 4) is 5.75 Å². The molecule has 0 amide bonds. The smallest absolute Gasteiger partial charge is 0.146 e. The Bertz CT molecular complexity index is 601. The average molecular weight is 289 g/mol. The summed E-state index contributed by atoms with van der Waals surface area (Å²) in [7, 11) is 1.61. The van der Waals surface area contributed by atoms with Gasteiger partial charge in [0.05, 0.1) is 19.4 Å². The molecule has 0 aromatic heterocycles. The molecule has 1 N–H and O–H groups in total. The number of aliphatic hydroxyl groups excluding tert-OH is 1. The molecule has 0 saturated carbocycles. The third-order valence-corrected chi connectivity index (χ3v) is 3.46. The molecular weight excluding hydrogens is 269 g/mol. The molecule has 0 aliphatic heterocycles. The summed E-state index contributed by atoms with van der Waals surface area (Å²) >= 11 is 0. The molecule has 112 valence electrons. The van der Waals surface area contributed by atoms with E-state index in [1.54, 1.807) is 19.2 Å². The van der Waals surface area contributed by atoms with Gasteiger partial charge < -0.3 is 14.7 Å². The van der Waals surface area contributed by atoms with E-state index in [0.717, 1.165) is 16.9 Å². The molecule has 3 nitrogen and oxygen atoms in total. The van der Waals surface area contributed by atoms with Crippen LogP contribution in [-0.4, -0.2) is 18.8 Å². The van der Waals surface area contributed by atoms with E-state index in [9.17, 15) is 9.50 Å². The zero-order valence-electron chi connectivity index (χ0n) is 12.3. The Morgan fingerprint density at radius 2 is 1.95 bits per heavy atom. The molecule has 2 rings (SSSR count). The number of anilines is 1. The highest BCUT2D eigenvalue weighted by Crippen LogP contribution is 2.26. The van der Waals surface area contributed by atoms with E-state index in [-0.39, 0.29) is 12.4 Å². The minimum atomic E-state index is -0.239. The van der Waals surface area contributed by atoms with Crippen LogP contribution in [0.4, 0.5) is 10.1 Å². The Labute approximate surface area is 124 Å². The third kappa shape index (κ3) is 3.52. The van der Waals surface area contributed by atoms with E-state index in [1.807, 2.05) is 36.1 Å². The molecule has 0 unspecified atom stereocenters. The van der Waals surface area contributed by atoms with E-state index >= 15 is 0 Å². The predicted molar refractivity (Wildman–Crippen MR) is 82.0 cm³/mol. The topological polar surface area (TPSA) is 32.7 Å². The van der Waals surface area contributed by atoms with Gasteiger partial charge in [-0.1, -0.05) is 18.2 Å². The lowest BCUT2D eigenvalue weighted by molar-refractivity contribution is 0.281. The van der Waals surface area contributed by atoms with E-state index in [1.165, 1.54) is 6.07 Å². The van der Waals surface area contributed by atoms with Crippen molar-refractivity contribution in [1.82, 2.24) is 0 Å². The minimum absolute atomic E-state index is 0.0250. The summed E-state index contributed by atoms with van der Waals surface area (Å²) in [6.07, 6.45) is 0. The maximum absolute atomic E-state index is 13.9. The number of rotatable bonds is 6. The van der Waals surface area contributed by atoms with Gasteiger partial charge in [-0.3, -0.25) is 0 Å². The van der Waals surface area contributed by atoms with Gasteiger partial charge in [0.1, 0.15) is 11.6 Å². The predicted octanol–water partition coefficient (Wildman–Crippen LogP) is 3.35. The zero-order chi connectivity index (χ0) is 15.2. The van der Waals surface area contributed by atoms with Crippen molar-refractivity contribution < 1.29 is 14.2 Å². The molecule has 0 fully saturated rings. The Morgan fingerprint density at radius 1 is 1.19 bits per heavy atom. The Morgan fingerprint density at radius 3 is 2.57 bits per heavy atom. The van der Waals surface area contributed by atoms with Crippen molar-refractivity contribution in [2.45, 2.75) is 20.1 Å². The molecular formula is C17H20FNO2.